The summed E-state index contributed by atoms with van der Waals surface area (Å²) in [5.74, 6) is 0. The van der Waals surface area contributed by atoms with E-state index >= 15 is 0 Å². The van der Waals surface area contributed by atoms with Gasteiger partial charge in [0, 0.05) is 41.5 Å². The molecule has 2 nitrogen and oxygen atoms in total. The molecule has 0 radical (unpaired) electrons. The van der Waals surface area contributed by atoms with E-state index in [4.69, 9.17) is 5.73 Å². The van der Waals surface area contributed by atoms with Gasteiger partial charge in [0.2, 0.25) is 0 Å². The molecule has 2 N–H and O–H groups in total. The number of hydrogen-bond acceptors (Lipinski definition) is 2. The van der Waals surface area contributed by atoms with Crippen LogP contribution in [0.25, 0.3) is 0 Å². The lowest BCUT2D eigenvalue weighted by Gasteiger charge is -2.21. The summed E-state index contributed by atoms with van der Waals surface area (Å²) in [5, 5.41) is 0. The Morgan fingerprint density at radius 2 is 2.10 bits per heavy atom. The van der Waals surface area contributed by atoms with E-state index in [0.717, 1.165) is 13.0 Å². The number of rotatable bonds is 0. The van der Waals surface area contributed by atoms with E-state index in [1.165, 1.54) is 19.4 Å². The fraction of sp³-hybridized carbons (Fsp3) is 1.00. The predicted octanol–water partition coefficient (Wildman–Crippen LogP) is 1.54. The van der Waals surface area contributed by atoms with Crippen molar-refractivity contribution in [1.82, 2.24) is 3.11 Å². The standard InChI is InChI=1S/C7H15IN2/c1-7(9)3-2-5-10(8)6-4-7/h2-6,9H2,1H3. The SMILES string of the molecule is CC1(N)CCCN(I)CC1. The van der Waals surface area contributed by atoms with Crippen LogP contribution in [-0.2, 0) is 0 Å². The molecule has 0 aromatic carbocycles. The molecule has 3 heteroatoms. The van der Waals surface area contributed by atoms with E-state index in [2.05, 4.69) is 32.9 Å². The van der Waals surface area contributed by atoms with Gasteiger partial charge in [-0.2, -0.15) is 0 Å². The molecule has 0 aliphatic carbocycles. The molecule has 1 rings (SSSR count). The molecule has 1 fully saturated rings. The van der Waals surface area contributed by atoms with Gasteiger partial charge in [0.1, 0.15) is 0 Å². The maximum Gasteiger partial charge on any atom is 0.0201 e. The van der Waals surface area contributed by atoms with Crippen LogP contribution < -0.4 is 5.73 Å². The number of nitrogens with zero attached hydrogens (tertiary/aromatic N) is 1. The molecule has 1 atom stereocenters. The van der Waals surface area contributed by atoms with Crippen LogP contribution in [0.2, 0.25) is 0 Å². The van der Waals surface area contributed by atoms with Crippen LogP contribution in [0.15, 0.2) is 0 Å². The van der Waals surface area contributed by atoms with Crippen molar-refractivity contribution >= 4 is 22.9 Å². The Balaban J connectivity index is 2.41. The first kappa shape index (κ1) is 8.74. The number of hydrogen-bond donors (Lipinski definition) is 1. The summed E-state index contributed by atoms with van der Waals surface area (Å²) in [6.07, 6.45) is 3.55. The minimum atomic E-state index is 0.0971. The summed E-state index contributed by atoms with van der Waals surface area (Å²) in [6.45, 7) is 4.50. The van der Waals surface area contributed by atoms with Crippen molar-refractivity contribution in [3.8, 4) is 0 Å². The van der Waals surface area contributed by atoms with Crippen molar-refractivity contribution in [2.45, 2.75) is 31.7 Å². The highest BCUT2D eigenvalue weighted by molar-refractivity contribution is 14.1. The molecule has 60 valence electrons. The van der Waals surface area contributed by atoms with Crippen molar-refractivity contribution < 1.29 is 0 Å². The molecule has 1 saturated heterocycles. The van der Waals surface area contributed by atoms with Crippen LogP contribution in [0.4, 0.5) is 0 Å². The van der Waals surface area contributed by atoms with Crippen LogP contribution in [0.1, 0.15) is 26.2 Å². The molecule has 1 unspecified atom stereocenters. The van der Waals surface area contributed by atoms with Gasteiger partial charge in [-0.15, -0.1) is 0 Å². The Morgan fingerprint density at radius 3 is 2.80 bits per heavy atom. The maximum absolute atomic E-state index is 6.01. The van der Waals surface area contributed by atoms with Crippen molar-refractivity contribution in [1.29, 1.82) is 0 Å². The molecular formula is C7H15IN2. The summed E-state index contributed by atoms with van der Waals surface area (Å²) < 4.78 is 2.33. The van der Waals surface area contributed by atoms with Crippen LogP contribution in [-0.4, -0.2) is 21.7 Å². The average molecular weight is 254 g/mol. The third kappa shape index (κ3) is 2.72. The Kier molecular flexibility index (Phi) is 2.94. The number of halogens is 1. The molecule has 0 amide bonds. The summed E-state index contributed by atoms with van der Waals surface area (Å²) in [6, 6.07) is 0. The zero-order valence-electron chi connectivity index (χ0n) is 6.44. The molecule has 0 aromatic rings. The molecule has 10 heavy (non-hydrogen) atoms. The number of nitrogens with two attached hydrogens (primary N) is 1. The largest absolute Gasteiger partial charge is 0.325 e. The van der Waals surface area contributed by atoms with Gasteiger partial charge < -0.3 is 5.73 Å². The van der Waals surface area contributed by atoms with Crippen LogP contribution >= 0.6 is 22.9 Å². The molecular weight excluding hydrogens is 239 g/mol. The second-order valence-electron chi connectivity index (χ2n) is 3.42. The lowest BCUT2D eigenvalue weighted by atomic mass is 9.95. The second-order valence-corrected chi connectivity index (χ2v) is 4.78. The summed E-state index contributed by atoms with van der Waals surface area (Å²) >= 11 is 2.38. The topological polar surface area (TPSA) is 29.3 Å². The molecule has 1 aliphatic heterocycles. The minimum absolute atomic E-state index is 0.0971. The predicted molar refractivity (Wildman–Crippen MR) is 52.0 cm³/mol. The monoisotopic (exact) mass is 254 g/mol. The van der Waals surface area contributed by atoms with E-state index in [9.17, 15) is 0 Å². The highest BCUT2D eigenvalue weighted by Crippen LogP contribution is 2.20. The smallest absolute Gasteiger partial charge is 0.0201 e. The van der Waals surface area contributed by atoms with E-state index in [0.29, 0.717) is 0 Å². The quantitative estimate of drug-likeness (QED) is 0.525. The molecule has 0 aromatic heterocycles. The molecule has 0 bridgehead atoms. The zero-order valence-corrected chi connectivity index (χ0v) is 8.60. The maximum atomic E-state index is 6.01. The van der Waals surface area contributed by atoms with Gasteiger partial charge >= 0.3 is 0 Å². The van der Waals surface area contributed by atoms with E-state index < -0.39 is 0 Å². The summed E-state index contributed by atoms with van der Waals surface area (Å²) in [7, 11) is 0. The van der Waals surface area contributed by atoms with Gasteiger partial charge in [-0.05, 0) is 26.2 Å². The van der Waals surface area contributed by atoms with Gasteiger partial charge in [-0.1, -0.05) is 0 Å². The van der Waals surface area contributed by atoms with Crippen molar-refractivity contribution in [2.75, 3.05) is 13.1 Å². The average Bonchev–Trinajstić information content (AvgIpc) is 1.94. The second kappa shape index (κ2) is 3.36. The van der Waals surface area contributed by atoms with Crippen LogP contribution in [0, 0.1) is 0 Å². The van der Waals surface area contributed by atoms with Crippen molar-refractivity contribution in [2.24, 2.45) is 5.73 Å². The van der Waals surface area contributed by atoms with Crippen molar-refractivity contribution in [3.05, 3.63) is 0 Å². The van der Waals surface area contributed by atoms with Gasteiger partial charge in [0.05, 0.1) is 0 Å². The van der Waals surface area contributed by atoms with Crippen LogP contribution in [0.5, 0.6) is 0 Å². The van der Waals surface area contributed by atoms with Gasteiger partial charge in [0.25, 0.3) is 0 Å². The van der Waals surface area contributed by atoms with E-state index in [1.54, 1.807) is 0 Å². The Labute approximate surface area is 76.6 Å². The highest BCUT2D eigenvalue weighted by Gasteiger charge is 2.21. The summed E-state index contributed by atoms with van der Waals surface area (Å²) in [5.41, 5.74) is 6.11. The first-order valence-electron chi connectivity index (χ1n) is 3.80. The first-order chi connectivity index (χ1) is 4.60. The summed E-state index contributed by atoms with van der Waals surface area (Å²) in [4.78, 5) is 0. The fourth-order valence-corrected chi connectivity index (χ4v) is 1.85. The van der Waals surface area contributed by atoms with Gasteiger partial charge in [0.15, 0.2) is 0 Å². The van der Waals surface area contributed by atoms with E-state index in [-0.39, 0.29) is 5.54 Å². The highest BCUT2D eigenvalue weighted by atomic mass is 127. The third-order valence-corrected chi connectivity index (χ3v) is 3.04. The lowest BCUT2D eigenvalue weighted by Crippen LogP contribution is -2.36. The molecule has 1 heterocycles. The molecule has 0 saturated carbocycles. The minimum Gasteiger partial charge on any atom is -0.325 e. The van der Waals surface area contributed by atoms with Crippen LogP contribution in [0.3, 0.4) is 0 Å². The Morgan fingerprint density at radius 1 is 1.40 bits per heavy atom. The normalized spacial score (nSPS) is 37.5. The van der Waals surface area contributed by atoms with Gasteiger partial charge in [-0.3, -0.25) is 0 Å². The Hall–Kier alpha value is 0.650. The van der Waals surface area contributed by atoms with Crippen molar-refractivity contribution in [3.63, 3.8) is 0 Å². The first-order valence-corrected chi connectivity index (χ1v) is 4.76. The molecule has 1 aliphatic rings. The third-order valence-electron chi connectivity index (χ3n) is 2.07. The Bertz CT molecular complexity index is 114. The van der Waals surface area contributed by atoms with E-state index in [1.807, 2.05) is 0 Å². The lowest BCUT2D eigenvalue weighted by molar-refractivity contribution is 0.413. The van der Waals surface area contributed by atoms with Gasteiger partial charge in [-0.25, -0.2) is 3.11 Å². The fourth-order valence-electron chi connectivity index (χ4n) is 1.27. The zero-order chi connectivity index (χ0) is 7.61. The molecule has 0 spiro atoms.